The largest absolute Gasteiger partial charge is 0.493 e. The van der Waals surface area contributed by atoms with Gasteiger partial charge in [0.15, 0.2) is 0 Å². The summed E-state index contributed by atoms with van der Waals surface area (Å²) in [6.45, 7) is 4.65. The number of benzene rings is 1. The maximum atomic E-state index is 11.2. The highest BCUT2D eigenvalue weighted by molar-refractivity contribution is 8.00. The molecule has 0 aliphatic carbocycles. The van der Waals surface area contributed by atoms with Gasteiger partial charge in [-0.05, 0) is 29.9 Å². The molecule has 0 spiro atoms. The number of thioether (sulfide) groups is 1. The summed E-state index contributed by atoms with van der Waals surface area (Å²) in [4.78, 5) is 11.2. The third kappa shape index (κ3) is 3.44. The molecule has 2 atom stereocenters. The fraction of sp³-hybridized carbons (Fsp3) is 0.533. The summed E-state index contributed by atoms with van der Waals surface area (Å²) in [5.41, 5.74) is 1.22. The predicted molar refractivity (Wildman–Crippen MR) is 78.0 cm³/mol. The Balaban J connectivity index is 2.03. The molecule has 104 valence electrons. The second-order valence-electron chi connectivity index (χ2n) is 5.21. The third-order valence-corrected chi connectivity index (χ3v) is 5.11. The lowest BCUT2D eigenvalue weighted by Crippen LogP contribution is -2.25. The van der Waals surface area contributed by atoms with E-state index >= 15 is 0 Å². The van der Waals surface area contributed by atoms with Crippen molar-refractivity contribution < 1.29 is 14.6 Å². The molecule has 0 radical (unpaired) electrons. The maximum absolute atomic E-state index is 11.2. The van der Waals surface area contributed by atoms with Crippen LogP contribution in [0.4, 0.5) is 0 Å². The van der Waals surface area contributed by atoms with Crippen LogP contribution in [0, 0.1) is 5.92 Å². The van der Waals surface area contributed by atoms with Gasteiger partial charge < -0.3 is 9.84 Å². The van der Waals surface area contributed by atoms with Crippen LogP contribution in [0.25, 0.3) is 0 Å². The van der Waals surface area contributed by atoms with Crippen molar-refractivity contribution in [3.05, 3.63) is 29.8 Å². The monoisotopic (exact) mass is 280 g/mol. The van der Waals surface area contributed by atoms with Crippen LogP contribution >= 0.6 is 11.8 Å². The Morgan fingerprint density at radius 2 is 2.21 bits per heavy atom. The first-order valence-electron chi connectivity index (χ1n) is 6.65. The van der Waals surface area contributed by atoms with Gasteiger partial charge in [0.1, 0.15) is 11.0 Å². The zero-order chi connectivity index (χ0) is 13.8. The highest BCUT2D eigenvalue weighted by Crippen LogP contribution is 2.36. The zero-order valence-corrected chi connectivity index (χ0v) is 12.2. The summed E-state index contributed by atoms with van der Waals surface area (Å²) in [7, 11) is 0. The standard InChI is InChI=1S/C15H20O3S/c1-10(2)14(15(16)17)19-9-11-7-8-18-13-6-4-3-5-12(11)13/h3-6,10-11,14H,7-9H2,1-2H3,(H,16,17). The van der Waals surface area contributed by atoms with Gasteiger partial charge in [-0.25, -0.2) is 0 Å². The van der Waals surface area contributed by atoms with E-state index in [4.69, 9.17) is 4.74 Å². The van der Waals surface area contributed by atoms with Crippen LogP contribution in [0.15, 0.2) is 24.3 Å². The summed E-state index contributed by atoms with van der Waals surface area (Å²) in [5.74, 6) is 1.64. The zero-order valence-electron chi connectivity index (χ0n) is 11.3. The average Bonchev–Trinajstić information content (AvgIpc) is 2.38. The van der Waals surface area contributed by atoms with Gasteiger partial charge in [0, 0.05) is 5.75 Å². The van der Waals surface area contributed by atoms with Crippen molar-refractivity contribution in [3.63, 3.8) is 0 Å². The van der Waals surface area contributed by atoms with Crippen LogP contribution in [-0.2, 0) is 4.79 Å². The minimum absolute atomic E-state index is 0.151. The van der Waals surface area contributed by atoms with Crippen LogP contribution in [-0.4, -0.2) is 28.7 Å². The Morgan fingerprint density at radius 3 is 2.89 bits per heavy atom. The molecule has 1 N–H and O–H groups in total. The smallest absolute Gasteiger partial charge is 0.316 e. The SMILES string of the molecule is CC(C)C(SCC1CCOc2ccccc21)C(=O)O. The van der Waals surface area contributed by atoms with Crippen LogP contribution in [0.2, 0.25) is 0 Å². The van der Waals surface area contributed by atoms with Gasteiger partial charge in [-0.3, -0.25) is 4.79 Å². The summed E-state index contributed by atoms with van der Waals surface area (Å²) in [5, 5.41) is 8.90. The Bertz CT molecular complexity index is 445. The highest BCUT2D eigenvalue weighted by atomic mass is 32.2. The van der Waals surface area contributed by atoms with Crippen molar-refractivity contribution in [1.29, 1.82) is 0 Å². The molecule has 19 heavy (non-hydrogen) atoms. The van der Waals surface area contributed by atoms with Crippen LogP contribution in [0.5, 0.6) is 5.75 Å². The number of rotatable bonds is 5. The Labute approximate surface area is 118 Å². The van der Waals surface area contributed by atoms with Crippen molar-refractivity contribution in [2.75, 3.05) is 12.4 Å². The minimum Gasteiger partial charge on any atom is -0.493 e. The summed E-state index contributed by atoms with van der Waals surface area (Å²) < 4.78 is 5.63. The van der Waals surface area contributed by atoms with E-state index in [-0.39, 0.29) is 11.2 Å². The van der Waals surface area contributed by atoms with E-state index in [9.17, 15) is 9.90 Å². The van der Waals surface area contributed by atoms with E-state index in [1.165, 1.54) is 5.56 Å². The number of carboxylic acids is 1. The molecular weight excluding hydrogens is 260 g/mol. The summed E-state index contributed by atoms with van der Waals surface area (Å²) in [6, 6.07) is 8.07. The van der Waals surface area contributed by atoms with E-state index in [0.717, 1.165) is 24.5 Å². The molecule has 0 saturated carbocycles. The molecular formula is C15H20O3S. The van der Waals surface area contributed by atoms with E-state index in [1.807, 2.05) is 32.0 Å². The molecule has 0 aromatic heterocycles. The normalized spacial score (nSPS) is 19.6. The number of carboxylic acid groups (broad SMARTS) is 1. The second-order valence-corrected chi connectivity index (χ2v) is 6.38. The minimum atomic E-state index is -0.708. The molecule has 0 fully saturated rings. The molecule has 1 aliphatic heterocycles. The van der Waals surface area contributed by atoms with Crippen LogP contribution in [0.1, 0.15) is 31.7 Å². The third-order valence-electron chi connectivity index (χ3n) is 3.41. The molecule has 0 saturated heterocycles. The summed E-state index contributed by atoms with van der Waals surface area (Å²) in [6.07, 6.45) is 0.967. The lowest BCUT2D eigenvalue weighted by Gasteiger charge is -2.27. The Kier molecular flexibility index (Phi) is 4.75. The van der Waals surface area contributed by atoms with Gasteiger partial charge in [-0.15, -0.1) is 11.8 Å². The van der Waals surface area contributed by atoms with Gasteiger partial charge in [-0.1, -0.05) is 32.0 Å². The first kappa shape index (κ1) is 14.3. The number of hydrogen-bond donors (Lipinski definition) is 1. The first-order chi connectivity index (χ1) is 9.09. The topological polar surface area (TPSA) is 46.5 Å². The van der Waals surface area contributed by atoms with Crippen molar-refractivity contribution in [2.45, 2.75) is 31.4 Å². The molecule has 2 unspecified atom stereocenters. The summed E-state index contributed by atoms with van der Waals surface area (Å²) >= 11 is 1.55. The number of para-hydroxylation sites is 1. The molecule has 4 heteroatoms. The number of carbonyl (C=O) groups is 1. The number of fused-ring (bicyclic) bond motifs is 1. The molecule has 2 rings (SSSR count). The predicted octanol–water partition coefficient (Wildman–Crippen LogP) is 3.40. The Morgan fingerprint density at radius 1 is 1.47 bits per heavy atom. The van der Waals surface area contributed by atoms with Crippen molar-refractivity contribution in [1.82, 2.24) is 0 Å². The average molecular weight is 280 g/mol. The van der Waals surface area contributed by atoms with E-state index in [1.54, 1.807) is 11.8 Å². The van der Waals surface area contributed by atoms with Crippen molar-refractivity contribution in [2.24, 2.45) is 5.92 Å². The van der Waals surface area contributed by atoms with Crippen molar-refractivity contribution >= 4 is 17.7 Å². The van der Waals surface area contributed by atoms with Gasteiger partial charge in [0.25, 0.3) is 0 Å². The molecule has 1 heterocycles. The number of aliphatic carboxylic acids is 1. The maximum Gasteiger partial charge on any atom is 0.316 e. The second kappa shape index (κ2) is 6.33. The van der Waals surface area contributed by atoms with E-state index in [2.05, 4.69) is 6.07 Å². The van der Waals surface area contributed by atoms with Crippen LogP contribution in [0.3, 0.4) is 0 Å². The quantitative estimate of drug-likeness (QED) is 0.898. The van der Waals surface area contributed by atoms with Crippen molar-refractivity contribution in [3.8, 4) is 5.75 Å². The van der Waals surface area contributed by atoms with Gasteiger partial charge in [0.2, 0.25) is 0 Å². The number of ether oxygens (including phenoxy) is 1. The van der Waals surface area contributed by atoms with Crippen LogP contribution < -0.4 is 4.74 Å². The lowest BCUT2D eigenvalue weighted by molar-refractivity contribution is -0.137. The van der Waals surface area contributed by atoms with Gasteiger partial charge >= 0.3 is 5.97 Å². The van der Waals surface area contributed by atoms with E-state index < -0.39 is 5.97 Å². The molecule has 1 aliphatic rings. The molecule has 0 bridgehead atoms. The molecule has 3 nitrogen and oxygen atoms in total. The van der Waals surface area contributed by atoms with Gasteiger partial charge in [-0.2, -0.15) is 0 Å². The lowest BCUT2D eigenvalue weighted by atomic mass is 9.95. The first-order valence-corrected chi connectivity index (χ1v) is 7.70. The molecule has 0 amide bonds. The fourth-order valence-corrected chi connectivity index (χ4v) is 3.67. The number of hydrogen-bond acceptors (Lipinski definition) is 3. The molecule has 1 aromatic rings. The highest BCUT2D eigenvalue weighted by Gasteiger charge is 2.26. The fourth-order valence-electron chi connectivity index (χ4n) is 2.36. The van der Waals surface area contributed by atoms with E-state index in [0.29, 0.717) is 5.92 Å². The van der Waals surface area contributed by atoms with Gasteiger partial charge in [0.05, 0.1) is 6.61 Å². The molecule has 1 aromatic carbocycles. The Hall–Kier alpha value is -1.16.